The number of aliphatic carboxylic acids is 1. The van der Waals surface area contributed by atoms with Crippen molar-refractivity contribution < 1.29 is 24.2 Å². The first-order valence-electron chi connectivity index (χ1n) is 6.20. The van der Waals surface area contributed by atoms with Crippen LogP contribution in [-0.4, -0.2) is 52.9 Å². The van der Waals surface area contributed by atoms with Gasteiger partial charge in [-0.3, -0.25) is 14.5 Å². The second-order valence-electron chi connectivity index (χ2n) is 4.54. The lowest BCUT2D eigenvalue weighted by Crippen LogP contribution is -2.61. The van der Waals surface area contributed by atoms with Crippen LogP contribution in [0, 0.1) is 0 Å². The average Bonchev–Trinajstić information content (AvgIpc) is 2.70. The summed E-state index contributed by atoms with van der Waals surface area (Å²) in [5, 5.41) is 11.6. The molecule has 2 rings (SSSR count). The van der Waals surface area contributed by atoms with Crippen LogP contribution in [0.5, 0.6) is 0 Å². The number of ether oxygens (including phenoxy) is 1. The van der Waals surface area contributed by atoms with Crippen molar-refractivity contribution in [1.29, 1.82) is 0 Å². The quantitative estimate of drug-likeness (QED) is 0.535. The maximum atomic E-state index is 11.8. The molecule has 0 aromatic heterocycles. The summed E-state index contributed by atoms with van der Waals surface area (Å²) < 4.78 is 5.06. The molecule has 1 unspecified atom stereocenters. The molecule has 2 aliphatic heterocycles. The SMILES string of the molecule is COC1C(=O)N2C(C(=O)O)=C(CCCNC(C)=O)S[C@@H]12. The lowest BCUT2D eigenvalue weighted by molar-refractivity contribution is -0.161. The molecule has 20 heavy (non-hydrogen) atoms. The Bertz CT molecular complexity index is 490. The minimum Gasteiger partial charge on any atom is -0.477 e. The fourth-order valence-corrected chi connectivity index (χ4v) is 3.77. The van der Waals surface area contributed by atoms with Crippen molar-refractivity contribution in [3.05, 3.63) is 10.6 Å². The zero-order chi connectivity index (χ0) is 14.9. The van der Waals surface area contributed by atoms with Crippen molar-refractivity contribution in [3.8, 4) is 0 Å². The topological polar surface area (TPSA) is 95.9 Å². The molecule has 0 spiro atoms. The Morgan fingerprint density at radius 3 is 2.75 bits per heavy atom. The number of hydrogen-bond acceptors (Lipinski definition) is 5. The number of allylic oxidation sites excluding steroid dienone is 1. The van der Waals surface area contributed by atoms with Crippen LogP contribution >= 0.6 is 11.8 Å². The van der Waals surface area contributed by atoms with Gasteiger partial charge in [-0.15, -0.1) is 0 Å². The van der Waals surface area contributed by atoms with Gasteiger partial charge in [-0.1, -0.05) is 11.8 Å². The van der Waals surface area contributed by atoms with Gasteiger partial charge in [0.05, 0.1) is 0 Å². The molecule has 2 N–H and O–H groups in total. The van der Waals surface area contributed by atoms with Crippen LogP contribution in [0.4, 0.5) is 0 Å². The number of methoxy groups -OCH3 is 1. The first-order chi connectivity index (χ1) is 9.47. The molecule has 110 valence electrons. The van der Waals surface area contributed by atoms with Crippen molar-refractivity contribution in [1.82, 2.24) is 10.2 Å². The average molecular weight is 300 g/mol. The summed E-state index contributed by atoms with van der Waals surface area (Å²) in [6.07, 6.45) is 0.580. The minimum atomic E-state index is -1.10. The normalized spacial score (nSPS) is 24.5. The molecule has 2 atom stereocenters. The zero-order valence-corrected chi connectivity index (χ0v) is 12.0. The van der Waals surface area contributed by atoms with Crippen molar-refractivity contribution >= 4 is 29.5 Å². The molecule has 7 nitrogen and oxygen atoms in total. The van der Waals surface area contributed by atoms with E-state index in [1.165, 1.54) is 30.7 Å². The number of carboxylic acids is 1. The largest absolute Gasteiger partial charge is 0.477 e. The summed E-state index contributed by atoms with van der Waals surface area (Å²) >= 11 is 1.36. The third kappa shape index (κ3) is 2.53. The van der Waals surface area contributed by atoms with Gasteiger partial charge in [0, 0.05) is 25.5 Å². The number of rotatable bonds is 6. The standard InChI is InChI=1S/C12H16N2O5S/c1-6(15)13-5-3-4-7-8(12(17)18)14-10(16)9(19-2)11(14)20-7/h9,11H,3-5H2,1-2H3,(H,13,15)(H,17,18)/t9?,11-/m0/s1. The highest BCUT2D eigenvalue weighted by Gasteiger charge is 2.56. The van der Waals surface area contributed by atoms with Crippen LogP contribution in [0.1, 0.15) is 19.8 Å². The van der Waals surface area contributed by atoms with Crippen molar-refractivity contribution in [2.24, 2.45) is 0 Å². The minimum absolute atomic E-state index is 0.0566. The third-order valence-electron chi connectivity index (χ3n) is 3.17. The van der Waals surface area contributed by atoms with Crippen LogP contribution in [0.25, 0.3) is 0 Å². The molecular weight excluding hydrogens is 284 g/mol. The van der Waals surface area contributed by atoms with Crippen molar-refractivity contribution in [3.63, 3.8) is 0 Å². The summed E-state index contributed by atoms with van der Waals surface area (Å²) in [5.74, 6) is -1.52. The predicted molar refractivity (Wildman–Crippen MR) is 71.6 cm³/mol. The highest BCUT2D eigenvalue weighted by molar-refractivity contribution is 8.04. The van der Waals surface area contributed by atoms with E-state index in [0.29, 0.717) is 24.3 Å². The summed E-state index contributed by atoms with van der Waals surface area (Å²) in [6, 6.07) is 0. The van der Waals surface area contributed by atoms with Crippen molar-refractivity contribution in [2.45, 2.75) is 31.2 Å². The highest BCUT2D eigenvalue weighted by Crippen LogP contribution is 2.48. The number of carbonyl (C=O) groups excluding carboxylic acids is 2. The van der Waals surface area contributed by atoms with Crippen LogP contribution in [0.15, 0.2) is 10.6 Å². The van der Waals surface area contributed by atoms with Gasteiger partial charge in [0.25, 0.3) is 5.91 Å². The summed E-state index contributed by atoms with van der Waals surface area (Å²) in [5.41, 5.74) is 0.0566. The van der Waals surface area contributed by atoms with Crippen LogP contribution in [0.2, 0.25) is 0 Å². The summed E-state index contributed by atoms with van der Waals surface area (Å²) in [7, 11) is 1.44. The second kappa shape index (κ2) is 5.84. The molecule has 0 radical (unpaired) electrons. The smallest absolute Gasteiger partial charge is 0.353 e. The van der Waals surface area contributed by atoms with E-state index in [1.807, 2.05) is 0 Å². The predicted octanol–water partition coefficient (Wildman–Crippen LogP) is 0.129. The van der Waals surface area contributed by atoms with E-state index in [4.69, 9.17) is 4.74 Å². The molecule has 1 saturated heterocycles. The number of nitrogens with one attached hydrogen (secondary N) is 1. The van der Waals surface area contributed by atoms with E-state index in [2.05, 4.69) is 5.32 Å². The molecule has 0 aliphatic carbocycles. The molecule has 0 aromatic carbocycles. The number of amides is 2. The van der Waals surface area contributed by atoms with E-state index in [-0.39, 0.29) is 22.9 Å². The first-order valence-corrected chi connectivity index (χ1v) is 7.08. The lowest BCUT2D eigenvalue weighted by Gasteiger charge is -2.40. The molecule has 1 fully saturated rings. The van der Waals surface area contributed by atoms with Crippen LogP contribution in [-0.2, 0) is 19.1 Å². The monoisotopic (exact) mass is 300 g/mol. The fraction of sp³-hybridized carbons (Fsp3) is 0.583. The number of fused-ring (bicyclic) bond motifs is 1. The number of carboxylic acid groups (broad SMARTS) is 1. The molecule has 0 bridgehead atoms. The maximum absolute atomic E-state index is 11.8. The Morgan fingerprint density at radius 1 is 1.50 bits per heavy atom. The molecule has 0 aromatic rings. The zero-order valence-electron chi connectivity index (χ0n) is 11.2. The van der Waals surface area contributed by atoms with Gasteiger partial charge in [-0.2, -0.15) is 0 Å². The van der Waals surface area contributed by atoms with E-state index in [9.17, 15) is 19.5 Å². The van der Waals surface area contributed by atoms with Crippen LogP contribution < -0.4 is 5.32 Å². The number of hydrogen-bond donors (Lipinski definition) is 2. The fourth-order valence-electron chi connectivity index (χ4n) is 2.26. The van der Waals surface area contributed by atoms with Gasteiger partial charge in [-0.25, -0.2) is 4.79 Å². The van der Waals surface area contributed by atoms with Gasteiger partial charge < -0.3 is 15.2 Å². The molecule has 2 heterocycles. The van der Waals surface area contributed by atoms with Crippen LogP contribution in [0.3, 0.4) is 0 Å². The van der Waals surface area contributed by atoms with Gasteiger partial charge in [0.15, 0.2) is 6.10 Å². The van der Waals surface area contributed by atoms with Gasteiger partial charge in [0.1, 0.15) is 11.1 Å². The molecule has 0 saturated carbocycles. The van der Waals surface area contributed by atoms with Gasteiger partial charge in [-0.05, 0) is 12.8 Å². The third-order valence-corrected chi connectivity index (χ3v) is 4.55. The van der Waals surface area contributed by atoms with Gasteiger partial charge in [0.2, 0.25) is 5.91 Å². The Hall–Kier alpha value is -1.54. The number of nitrogens with zero attached hydrogens (tertiary/aromatic N) is 1. The Balaban J connectivity index is 2.02. The number of carbonyl (C=O) groups is 3. The Morgan fingerprint density at radius 2 is 2.20 bits per heavy atom. The van der Waals surface area contributed by atoms with E-state index in [0.717, 1.165) is 0 Å². The molecule has 2 aliphatic rings. The summed E-state index contributed by atoms with van der Waals surface area (Å²) in [4.78, 5) is 35.8. The number of β-lactam (4-membered cyclic amide) rings is 1. The van der Waals surface area contributed by atoms with E-state index < -0.39 is 12.1 Å². The van der Waals surface area contributed by atoms with E-state index in [1.54, 1.807) is 0 Å². The van der Waals surface area contributed by atoms with E-state index >= 15 is 0 Å². The number of thioether (sulfide) groups is 1. The van der Waals surface area contributed by atoms with Crippen molar-refractivity contribution in [2.75, 3.05) is 13.7 Å². The summed E-state index contributed by atoms with van der Waals surface area (Å²) in [6.45, 7) is 1.92. The lowest BCUT2D eigenvalue weighted by atomic mass is 10.1. The maximum Gasteiger partial charge on any atom is 0.353 e. The Kier molecular flexibility index (Phi) is 4.34. The first kappa shape index (κ1) is 14.9. The second-order valence-corrected chi connectivity index (χ2v) is 5.75. The van der Waals surface area contributed by atoms with Gasteiger partial charge >= 0.3 is 5.97 Å². The molecule has 8 heteroatoms. The molecular formula is C12H16N2O5S. The highest BCUT2D eigenvalue weighted by atomic mass is 32.2. The molecule has 2 amide bonds. The Labute approximate surface area is 120 Å².